The van der Waals surface area contributed by atoms with Gasteiger partial charge in [-0.15, -0.1) is 0 Å². The van der Waals surface area contributed by atoms with Gasteiger partial charge < -0.3 is 15.0 Å². The van der Waals surface area contributed by atoms with Gasteiger partial charge in [0, 0.05) is 28.2 Å². The van der Waals surface area contributed by atoms with Crippen molar-refractivity contribution in [1.29, 1.82) is 0 Å². The number of nitrogens with one attached hydrogen (secondary N) is 2. The standard InChI is InChI=1S/C16H16N2O2/c1-9-7-16(20-15(9)19)11-4-3-5-12-14(11)10(8-18-12)6-13(16)17-2/h3-5,7-8,13,17-18H,6H2,1-2H3/t13-,16+/m0/s1. The van der Waals surface area contributed by atoms with Crippen LogP contribution >= 0.6 is 0 Å². The molecule has 0 fully saturated rings. The first kappa shape index (κ1) is 11.7. The van der Waals surface area contributed by atoms with Gasteiger partial charge in [0.25, 0.3) is 0 Å². The molecule has 1 spiro atoms. The lowest BCUT2D eigenvalue weighted by Crippen LogP contribution is -2.50. The first-order valence-corrected chi connectivity index (χ1v) is 6.85. The molecule has 2 aliphatic rings. The number of ether oxygens (including phenoxy) is 1. The summed E-state index contributed by atoms with van der Waals surface area (Å²) >= 11 is 0. The van der Waals surface area contributed by atoms with Gasteiger partial charge >= 0.3 is 5.97 Å². The van der Waals surface area contributed by atoms with Gasteiger partial charge in [-0.2, -0.15) is 0 Å². The molecular formula is C16H16N2O2. The van der Waals surface area contributed by atoms with Crippen molar-refractivity contribution in [1.82, 2.24) is 10.3 Å². The van der Waals surface area contributed by atoms with Gasteiger partial charge in [0.1, 0.15) is 0 Å². The molecule has 1 aromatic carbocycles. The van der Waals surface area contributed by atoms with Gasteiger partial charge in [0.05, 0.1) is 6.04 Å². The van der Waals surface area contributed by atoms with Crippen LogP contribution in [-0.4, -0.2) is 24.0 Å². The number of carbonyl (C=O) groups excluding carboxylic acids is 1. The Bertz CT molecular complexity index is 759. The van der Waals surface area contributed by atoms with Gasteiger partial charge in [0.15, 0.2) is 5.60 Å². The molecular weight excluding hydrogens is 252 g/mol. The summed E-state index contributed by atoms with van der Waals surface area (Å²) in [6, 6.07) is 6.18. The Labute approximate surface area is 116 Å². The lowest BCUT2D eigenvalue weighted by molar-refractivity contribution is -0.149. The summed E-state index contributed by atoms with van der Waals surface area (Å²) in [5, 5.41) is 4.51. The predicted molar refractivity (Wildman–Crippen MR) is 76.4 cm³/mol. The highest BCUT2D eigenvalue weighted by atomic mass is 16.6. The first-order valence-electron chi connectivity index (χ1n) is 6.85. The molecule has 1 aliphatic carbocycles. The number of benzene rings is 1. The van der Waals surface area contributed by atoms with Crippen molar-refractivity contribution in [2.45, 2.75) is 25.0 Å². The van der Waals surface area contributed by atoms with Crippen LogP contribution in [0.4, 0.5) is 0 Å². The van der Waals surface area contributed by atoms with Crippen LogP contribution in [0.2, 0.25) is 0 Å². The maximum atomic E-state index is 12.0. The number of aromatic nitrogens is 1. The molecule has 102 valence electrons. The van der Waals surface area contributed by atoms with Crippen molar-refractivity contribution >= 4 is 16.9 Å². The normalized spacial score (nSPS) is 28.0. The minimum Gasteiger partial charge on any atom is -0.445 e. The summed E-state index contributed by atoms with van der Waals surface area (Å²) in [5.41, 5.74) is 3.45. The fourth-order valence-corrected chi connectivity index (χ4v) is 3.57. The monoisotopic (exact) mass is 268 g/mol. The summed E-state index contributed by atoms with van der Waals surface area (Å²) in [5.74, 6) is -0.221. The van der Waals surface area contributed by atoms with E-state index in [1.807, 2.05) is 26.1 Å². The summed E-state index contributed by atoms with van der Waals surface area (Å²) in [7, 11) is 1.92. The van der Waals surface area contributed by atoms with Gasteiger partial charge in [-0.1, -0.05) is 12.1 Å². The van der Waals surface area contributed by atoms with E-state index < -0.39 is 5.60 Å². The van der Waals surface area contributed by atoms with E-state index in [-0.39, 0.29) is 12.0 Å². The second kappa shape index (κ2) is 3.73. The third-order valence-electron chi connectivity index (χ3n) is 4.51. The molecule has 0 unspecified atom stereocenters. The van der Waals surface area contributed by atoms with Crippen LogP contribution in [0.5, 0.6) is 0 Å². The number of aromatic amines is 1. The molecule has 0 amide bonds. The van der Waals surface area contributed by atoms with Crippen LogP contribution in [0.25, 0.3) is 10.9 Å². The van der Waals surface area contributed by atoms with Gasteiger partial charge in [0.2, 0.25) is 0 Å². The zero-order valence-electron chi connectivity index (χ0n) is 11.5. The highest BCUT2D eigenvalue weighted by Gasteiger charge is 2.50. The molecule has 2 atom stereocenters. The minimum absolute atomic E-state index is 0.0535. The zero-order chi connectivity index (χ0) is 13.9. The summed E-state index contributed by atoms with van der Waals surface area (Å²) < 4.78 is 5.81. The number of H-pyrrole nitrogens is 1. The molecule has 1 aromatic heterocycles. The van der Waals surface area contributed by atoms with E-state index >= 15 is 0 Å². The highest BCUT2D eigenvalue weighted by Crippen LogP contribution is 2.46. The number of esters is 1. The molecule has 0 saturated carbocycles. The van der Waals surface area contributed by atoms with Crippen LogP contribution in [0.3, 0.4) is 0 Å². The second-order valence-corrected chi connectivity index (χ2v) is 5.60. The van der Waals surface area contributed by atoms with Crippen molar-refractivity contribution in [2.24, 2.45) is 0 Å². The molecule has 0 saturated heterocycles. The Hall–Kier alpha value is -2.07. The van der Waals surface area contributed by atoms with Crippen LogP contribution in [0.15, 0.2) is 36.0 Å². The number of rotatable bonds is 1. The number of hydrogen-bond donors (Lipinski definition) is 2. The number of likely N-dealkylation sites (N-methyl/N-ethyl adjacent to an activating group) is 1. The molecule has 1 aliphatic heterocycles. The number of fused-ring (bicyclic) bond motifs is 1. The van der Waals surface area contributed by atoms with Crippen molar-refractivity contribution in [3.8, 4) is 0 Å². The molecule has 0 bridgehead atoms. The predicted octanol–water partition coefficient (Wildman–Crippen LogP) is 2.01. The molecule has 0 radical (unpaired) electrons. The van der Waals surface area contributed by atoms with E-state index in [0.717, 1.165) is 17.5 Å². The average Bonchev–Trinajstić information content (AvgIpc) is 2.98. The fourth-order valence-electron chi connectivity index (χ4n) is 3.57. The van der Waals surface area contributed by atoms with Crippen molar-refractivity contribution in [3.05, 3.63) is 47.2 Å². The third kappa shape index (κ3) is 1.27. The Morgan fingerprint density at radius 3 is 3.00 bits per heavy atom. The smallest absolute Gasteiger partial charge is 0.334 e. The van der Waals surface area contributed by atoms with Crippen molar-refractivity contribution < 1.29 is 9.53 Å². The summed E-state index contributed by atoms with van der Waals surface area (Å²) in [6.07, 6.45) is 4.87. The second-order valence-electron chi connectivity index (χ2n) is 5.60. The van der Waals surface area contributed by atoms with Gasteiger partial charge in [-0.25, -0.2) is 4.79 Å². The maximum Gasteiger partial charge on any atom is 0.334 e. The first-order chi connectivity index (χ1) is 9.65. The molecule has 2 N–H and O–H groups in total. The SMILES string of the molecule is CN[C@H]1Cc2c[nH]c3cccc(c23)[C@]12C=C(C)C(=O)O2. The van der Waals surface area contributed by atoms with E-state index in [1.165, 1.54) is 10.9 Å². The Balaban J connectivity index is 2.06. The topological polar surface area (TPSA) is 54.1 Å². The van der Waals surface area contributed by atoms with Crippen LogP contribution in [0.1, 0.15) is 18.1 Å². The average molecular weight is 268 g/mol. The Morgan fingerprint density at radius 2 is 2.30 bits per heavy atom. The summed E-state index contributed by atoms with van der Waals surface area (Å²) in [4.78, 5) is 15.3. The largest absolute Gasteiger partial charge is 0.445 e. The van der Waals surface area contributed by atoms with Crippen molar-refractivity contribution in [3.63, 3.8) is 0 Å². The van der Waals surface area contributed by atoms with E-state index in [9.17, 15) is 4.79 Å². The lowest BCUT2D eigenvalue weighted by Gasteiger charge is -2.39. The summed E-state index contributed by atoms with van der Waals surface area (Å²) in [6.45, 7) is 1.82. The maximum absolute atomic E-state index is 12.0. The van der Waals surface area contributed by atoms with E-state index in [0.29, 0.717) is 5.57 Å². The highest BCUT2D eigenvalue weighted by molar-refractivity contribution is 5.95. The fraction of sp³-hybridized carbons (Fsp3) is 0.312. The van der Waals surface area contributed by atoms with E-state index in [4.69, 9.17) is 4.74 Å². The number of hydrogen-bond acceptors (Lipinski definition) is 3. The van der Waals surface area contributed by atoms with Crippen LogP contribution in [-0.2, 0) is 21.6 Å². The molecule has 2 heterocycles. The minimum atomic E-state index is -0.676. The van der Waals surface area contributed by atoms with Gasteiger partial charge in [-0.3, -0.25) is 0 Å². The molecule has 4 rings (SSSR count). The van der Waals surface area contributed by atoms with E-state index in [1.54, 1.807) is 0 Å². The van der Waals surface area contributed by atoms with Crippen LogP contribution in [0, 0.1) is 0 Å². The molecule has 2 aromatic rings. The van der Waals surface area contributed by atoms with Gasteiger partial charge in [-0.05, 0) is 38.1 Å². The Morgan fingerprint density at radius 1 is 1.45 bits per heavy atom. The van der Waals surface area contributed by atoms with Crippen LogP contribution < -0.4 is 5.32 Å². The number of carbonyl (C=O) groups is 1. The molecule has 20 heavy (non-hydrogen) atoms. The Kier molecular flexibility index (Phi) is 2.19. The quantitative estimate of drug-likeness (QED) is 0.778. The van der Waals surface area contributed by atoms with Crippen molar-refractivity contribution in [2.75, 3.05) is 7.05 Å². The zero-order valence-corrected chi connectivity index (χ0v) is 11.5. The lowest BCUT2D eigenvalue weighted by atomic mass is 9.76. The molecule has 4 heteroatoms. The molecule has 4 nitrogen and oxygen atoms in total. The third-order valence-corrected chi connectivity index (χ3v) is 4.51. The van der Waals surface area contributed by atoms with E-state index in [2.05, 4.69) is 28.6 Å².